The molecule has 3 heteroatoms. The molecule has 0 saturated carbocycles. The molecular weight excluding hydrogens is 152 g/mol. The number of Topliss-reactive ketones (excluding diaryl/α,β-unsaturated/α-hetero) is 1. The van der Waals surface area contributed by atoms with E-state index in [2.05, 4.69) is 5.10 Å². The van der Waals surface area contributed by atoms with Gasteiger partial charge in [-0.05, 0) is 19.4 Å². The van der Waals surface area contributed by atoms with Gasteiger partial charge in [0.15, 0.2) is 5.78 Å². The van der Waals surface area contributed by atoms with Gasteiger partial charge in [-0.3, -0.25) is 9.48 Å². The third kappa shape index (κ3) is 3.91. The highest BCUT2D eigenvalue weighted by Gasteiger charge is 1.95. The smallest absolute Gasteiger partial charge is 0.151 e. The lowest BCUT2D eigenvalue weighted by Gasteiger charge is -1.93. The molecule has 0 aliphatic rings. The SMILES string of the molecule is CC.CC(=O)Cn1cc(C)cn1. The van der Waals surface area contributed by atoms with Crippen LogP contribution < -0.4 is 0 Å². The molecule has 0 spiro atoms. The van der Waals surface area contributed by atoms with Crippen molar-refractivity contribution in [3.05, 3.63) is 18.0 Å². The van der Waals surface area contributed by atoms with E-state index >= 15 is 0 Å². The second kappa shape index (κ2) is 5.52. The van der Waals surface area contributed by atoms with E-state index in [1.165, 1.54) is 0 Å². The van der Waals surface area contributed by atoms with Gasteiger partial charge in [0, 0.05) is 6.20 Å². The van der Waals surface area contributed by atoms with E-state index in [0.29, 0.717) is 6.54 Å². The maximum absolute atomic E-state index is 10.6. The molecular formula is C9H16N2O. The van der Waals surface area contributed by atoms with Gasteiger partial charge in [0.25, 0.3) is 0 Å². The standard InChI is InChI=1S/C7H10N2O.C2H6/c1-6-3-8-9(4-6)5-7(2)10;1-2/h3-4H,5H2,1-2H3;1-2H3. The molecule has 3 nitrogen and oxygen atoms in total. The summed E-state index contributed by atoms with van der Waals surface area (Å²) >= 11 is 0. The zero-order chi connectivity index (χ0) is 9.56. The van der Waals surface area contributed by atoms with Crippen molar-refractivity contribution in [3.8, 4) is 0 Å². The van der Waals surface area contributed by atoms with E-state index < -0.39 is 0 Å². The molecule has 0 aromatic carbocycles. The van der Waals surface area contributed by atoms with Crippen LogP contribution in [-0.2, 0) is 11.3 Å². The Morgan fingerprint density at radius 1 is 1.58 bits per heavy atom. The first-order chi connectivity index (χ1) is 5.68. The number of nitrogens with zero attached hydrogens (tertiary/aromatic N) is 2. The zero-order valence-corrected chi connectivity index (χ0v) is 8.16. The molecule has 0 fully saturated rings. The third-order valence-corrected chi connectivity index (χ3v) is 1.15. The summed E-state index contributed by atoms with van der Waals surface area (Å²) in [6.45, 7) is 7.88. The summed E-state index contributed by atoms with van der Waals surface area (Å²) < 4.78 is 1.64. The van der Waals surface area contributed by atoms with Crippen LogP contribution in [0.1, 0.15) is 26.3 Å². The van der Waals surface area contributed by atoms with Gasteiger partial charge in [0.05, 0.1) is 12.7 Å². The summed E-state index contributed by atoms with van der Waals surface area (Å²) in [5, 5.41) is 3.95. The highest BCUT2D eigenvalue weighted by Crippen LogP contribution is 1.93. The van der Waals surface area contributed by atoms with Crippen LogP contribution in [0.3, 0.4) is 0 Å². The van der Waals surface area contributed by atoms with Gasteiger partial charge in [0.2, 0.25) is 0 Å². The number of hydrogen-bond acceptors (Lipinski definition) is 2. The maximum Gasteiger partial charge on any atom is 0.151 e. The van der Waals surface area contributed by atoms with Gasteiger partial charge in [-0.25, -0.2) is 0 Å². The highest BCUT2D eigenvalue weighted by molar-refractivity contribution is 5.75. The Bertz CT molecular complexity index is 240. The van der Waals surface area contributed by atoms with Gasteiger partial charge < -0.3 is 0 Å². The maximum atomic E-state index is 10.6. The Morgan fingerprint density at radius 2 is 2.17 bits per heavy atom. The zero-order valence-electron chi connectivity index (χ0n) is 8.16. The summed E-state index contributed by atoms with van der Waals surface area (Å²) in [4.78, 5) is 10.6. The van der Waals surface area contributed by atoms with Crippen LogP contribution in [0.4, 0.5) is 0 Å². The predicted octanol–water partition coefficient (Wildman–Crippen LogP) is 1.81. The van der Waals surface area contributed by atoms with Gasteiger partial charge in [-0.15, -0.1) is 0 Å². The van der Waals surface area contributed by atoms with E-state index in [1.807, 2.05) is 27.0 Å². The quantitative estimate of drug-likeness (QED) is 0.675. The summed E-state index contributed by atoms with van der Waals surface area (Å²) in [5.74, 6) is 0.128. The van der Waals surface area contributed by atoms with Crippen LogP contribution in [0.2, 0.25) is 0 Å². The summed E-state index contributed by atoms with van der Waals surface area (Å²) in [6, 6.07) is 0. The number of carbonyl (C=O) groups excluding carboxylic acids is 1. The second-order valence-corrected chi connectivity index (χ2v) is 2.42. The molecule has 1 heterocycles. The summed E-state index contributed by atoms with van der Waals surface area (Å²) in [7, 11) is 0. The van der Waals surface area contributed by atoms with Crippen molar-refractivity contribution in [2.75, 3.05) is 0 Å². The molecule has 1 aromatic heterocycles. The molecule has 0 bridgehead atoms. The van der Waals surface area contributed by atoms with Gasteiger partial charge in [-0.1, -0.05) is 13.8 Å². The topological polar surface area (TPSA) is 34.9 Å². The Kier molecular flexibility index (Phi) is 5.00. The highest BCUT2D eigenvalue weighted by atomic mass is 16.1. The number of aryl methyl sites for hydroxylation is 1. The van der Waals surface area contributed by atoms with Gasteiger partial charge in [0.1, 0.15) is 0 Å². The molecule has 68 valence electrons. The third-order valence-electron chi connectivity index (χ3n) is 1.15. The molecule has 1 aromatic rings. The van der Waals surface area contributed by atoms with Crippen LogP contribution in [0.5, 0.6) is 0 Å². The minimum Gasteiger partial charge on any atom is -0.298 e. The van der Waals surface area contributed by atoms with Crippen molar-refractivity contribution in [3.63, 3.8) is 0 Å². The van der Waals surface area contributed by atoms with E-state index in [9.17, 15) is 4.79 Å². The van der Waals surface area contributed by atoms with Crippen LogP contribution in [0.15, 0.2) is 12.4 Å². The van der Waals surface area contributed by atoms with Crippen LogP contribution >= 0.6 is 0 Å². The second-order valence-electron chi connectivity index (χ2n) is 2.42. The van der Waals surface area contributed by atoms with Crippen molar-refractivity contribution in [2.45, 2.75) is 34.2 Å². The van der Waals surface area contributed by atoms with Crippen molar-refractivity contribution in [2.24, 2.45) is 0 Å². The van der Waals surface area contributed by atoms with Crippen LogP contribution in [0.25, 0.3) is 0 Å². The van der Waals surface area contributed by atoms with Crippen LogP contribution in [0, 0.1) is 6.92 Å². The first-order valence-corrected chi connectivity index (χ1v) is 4.17. The minimum absolute atomic E-state index is 0.128. The number of ketones is 1. The van der Waals surface area contributed by atoms with Crippen LogP contribution in [-0.4, -0.2) is 15.6 Å². The fourth-order valence-electron chi connectivity index (χ4n) is 0.782. The first-order valence-electron chi connectivity index (χ1n) is 4.17. The predicted molar refractivity (Wildman–Crippen MR) is 49.0 cm³/mol. The van der Waals surface area contributed by atoms with E-state index in [0.717, 1.165) is 5.56 Å². The lowest BCUT2D eigenvalue weighted by molar-refractivity contribution is -0.117. The number of aromatic nitrogens is 2. The summed E-state index contributed by atoms with van der Waals surface area (Å²) in [6.07, 6.45) is 3.59. The monoisotopic (exact) mass is 168 g/mol. The van der Waals surface area contributed by atoms with E-state index in [4.69, 9.17) is 0 Å². The average Bonchev–Trinajstić information content (AvgIpc) is 2.39. The Hall–Kier alpha value is -1.12. The van der Waals surface area contributed by atoms with E-state index in [-0.39, 0.29) is 5.78 Å². The summed E-state index contributed by atoms with van der Waals surface area (Å²) in [5.41, 5.74) is 1.08. The molecule has 0 unspecified atom stereocenters. The number of rotatable bonds is 2. The Labute approximate surface area is 73.4 Å². The molecule has 0 N–H and O–H groups in total. The Balaban J connectivity index is 0.000000561. The molecule has 0 amide bonds. The molecule has 0 aliphatic heterocycles. The van der Waals surface area contributed by atoms with Crippen molar-refractivity contribution in [1.82, 2.24) is 9.78 Å². The fraction of sp³-hybridized carbons (Fsp3) is 0.556. The molecule has 0 aliphatic carbocycles. The molecule has 12 heavy (non-hydrogen) atoms. The first kappa shape index (κ1) is 10.9. The normalized spacial score (nSPS) is 8.67. The minimum atomic E-state index is 0.128. The average molecular weight is 168 g/mol. The van der Waals surface area contributed by atoms with E-state index in [1.54, 1.807) is 17.8 Å². The van der Waals surface area contributed by atoms with Gasteiger partial charge >= 0.3 is 0 Å². The molecule has 0 saturated heterocycles. The molecule has 1 rings (SSSR count). The van der Waals surface area contributed by atoms with Gasteiger partial charge in [-0.2, -0.15) is 5.10 Å². The lowest BCUT2D eigenvalue weighted by atomic mass is 10.4. The van der Waals surface area contributed by atoms with Crippen molar-refractivity contribution >= 4 is 5.78 Å². The lowest BCUT2D eigenvalue weighted by Crippen LogP contribution is -2.05. The fourth-order valence-corrected chi connectivity index (χ4v) is 0.782. The number of carbonyl (C=O) groups is 1. The largest absolute Gasteiger partial charge is 0.298 e. The molecule has 0 atom stereocenters. The van der Waals surface area contributed by atoms with Crippen molar-refractivity contribution in [1.29, 1.82) is 0 Å². The van der Waals surface area contributed by atoms with Crippen molar-refractivity contribution < 1.29 is 4.79 Å². The Morgan fingerprint density at radius 3 is 2.50 bits per heavy atom. The number of hydrogen-bond donors (Lipinski definition) is 0. The molecule has 0 radical (unpaired) electrons.